The number of hydrogen-bond acceptors (Lipinski definition) is 5. The smallest absolute Gasteiger partial charge is 0.0794 e. The Morgan fingerprint density at radius 2 is 2.50 bits per heavy atom. The first-order valence-corrected chi connectivity index (χ1v) is 6.91. The molecule has 1 N–H and O–H groups in total. The Balaban J connectivity index is 1.80. The molecule has 0 unspecified atom stereocenters. The monoisotopic (exact) mass is 264 g/mol. The molecule has 0 saturated carbocycles. The van der Waals surface area contributed by atoms with Crippen molar-refractivity contribution in [1.29, 1.82) is 0 Å². The van der Waals surface area contributed by atoms with Crippen LogP contribution < -0.4 is 0 Å². The van der Waals surface area contributed by atoms with Crippen LogP contribution in [-0.2, 0) is 11.3 Å². The van der Waals surface area contributed by atoms with Crippen molar-refractivity contribution in [3.8, 4) is 0 Å². The molecule has 0 amide bonds. The second kappa shape index (κ2) is 5.17. The average molecular weight is 264 g/mol. The van der Waals surface area contributed by atoms with Gasteiger partial charge in [-0.15, -0.1) is 11.3 Å². The van der Waals surface area contributed by atoms with Gasteiger partial charge in [0.25, 0.3) is 0 Å². The molecule has 3 rings (SSSR count). The second-order valence-corrected chi connectivity index (χ2v) is 5.47. The maximum atomic E-state index is 5.61. The number of ether oxygens (including phenoxy) is 1. The lowest BCUT2D eigenvalue weighted by atomic mass is 10.1. The van der Waals surface area contributed by atoms with Crippen LogP contribution in [0.5, 0.6) is 0 Å². The molecule has 0 radical (unpaired) electrons. The number of aromatic amines is 1. The van der Waals surface area contributed by atoms with Crippen LogP contribution in [0.3, 0.4) is 0 Å². The summed E-state index contributed by atoms with van der Waals surface area (Å²) >= 11 is 1.70. The van der Waals surface area contributed by atoms with E-state index < -0.39 is 0 Å². The number of aromatic nitrogens is 3. The van der Waals surface area contributed by atoms with E-state index in [9.17, 15) is 0 Å². The highest BCUT2D eigenvalue weighted by atomic mass is 32.1. The molecule has 1 atom stereocenters. The largest absolute Gasteiger partial charge is 0.378 e. The maximum Gasteiger partial charge on any atom is 0.0794 e. The number of nitrogens with one attached hydrogen (secondary N) is 1. The van der Waals surface area contributed by atoms with Crippen LogP contribution in [0.1, 0.15) is 22.2 Å². The minimum Gasteiger partial charge on any atom is -0.378 e. The van der Waals surface area contributed by atoms with Crippen molar-refractivity contribution in [2.45, 2.75) is 19.5 Å². The normalized spacial score (nSPS) is 21.3. The van der Waals surface area contributed by atoms with Gasteiger partial charge in [-0.25, -0.2) is 0 Å². The van der Waals surface area contributed by atoms with Gasteiger partial charge in [-0.05, 0) is 12.5 Å². The van der Waals surface area contributed by atoms with Crippen molar-refractivity contribution >= 4 is 11.3 Å². The minimum atomic E-state index is 0.267. The van der Waals surface area contributed by atoms with Gasteiger partial charge in [-0.1, -0.05) is 0 Å². The zero-order valence-corrected chi connectivity index (χ0v) is 11.1. The third-order valence-electron chi connectivity index (χ3n) is 3.28. The standard InChI is InChI=1S/C12H16N4OS/c1-9-4-14-15-12(9)11-7-17-3-2-16(11)6-10-5-13-8-18-10/h4-5,8,11H,2-3,6-7H2,1H3,(H,14,15)/t11-/m1/s1. The Labute approximate surface area is 110 Å². The van der Waals surface area contributed by atoms with Gasteiger partial charge in [0.1, 0.15) is 0 Å². The number of aryl methyl sites for hydroxylation is 1. The predicted molar refractivity (Wildman–Crippen MR) is 69.4 cm³/mol. The lowest BCUT2D eigenvalue weighted by Gasteiger charge is -2.34. The van der Waals surface area contributed by atoms with Crippen LogP contribution in [-0.4, -0.2) is 39.8 Å². The van der Waals surface area contributed by atoms with E-state index in [1.807, 2.05) is 17.9 Å². The number of H-pyrrole nitrogens is 1. The summed E-state index contributed by atoms with van der Waals surface area (Å²) in [5.74, 6) is 0. The van der Waals surface area contributed by atoms with E-state index >= 15 is 0 Å². The molecule has 1 fully saturated rings. The number of rotatable bonds is 3. The van der Waals surface area contributed by atoms with Crippen molar-refractivity contribution in [1.82, 2.24) is 20.1 Å². The molecule has 0 bridgehead atoms. The van der Waals surface area contributed by atoms with Gasteiger partial charge >= 0.3 is 0 Å². The number of morpholine rings is 1. The molecule has 2 aromatic rings. The Bertz CT molecular complexity index is 496. The number of thiazole rings is 1. The van der Waals surface area contributed by atoms with Crippen LogP contribution in [0.15, 0.2) is 17.9 Å². The quantitative estimate of drug-likeness (QED) is 0.917. The third kappa shape index (κ3) is 2.31. The zero-order valence-electron chi connectivity index (χ0n) is 10.3. The van der Waals surface area contributed by atoms with E-state index in [1.165, 1.54) is 16.1 Å². The fourth-order valence-corrected chi connectivity index (χ4v) is 2.93. The molecule has 1 saturated heterocycles. The molecule has 3 heterocycles. The Morgan fingerprint density at radius 3 is 3.22 bits per heavy atom. The third-order valence-corrected chi connectivity index (χ3v) is 4.05. The molecule has 0 aromatic carbocycles. The van der Waals surface area contributed by atoms with Crippen LogP contribution in [0.2, 0.25) is 0 Å². The lowest BCUT2D eigenvalue weighted by Crippen LogP contribution is -2.39. The molecular weight excluding hydrogens is 248 g/mol. The van der Waals surface area contributed by atoms with Crippen molar-refractivity contribution in [2.75, 3.05) is 19.8 Å². The number of nitrogens with zero attached hydrogens (tertiary/aromatic N) is 3. The van der Waals surface area contributed by atoms with E-state index in [4.69, 9.17) is 4.74 Å². The fourth-order valence-electron chi connectivity index (χ4n) is 2.31. The van der Waals surface area contributed by atoms with Crippen LogP contribution >= 0.6 is 11.3 Å². The van der Waals surface area contributed by atoms with E-state index in [1.54, 1.807) is 11.3 Å². The zero-order chi connectivity index (χ0) is 12.4. The molecule has 2 aromatic heterocycles. The summed E-state index contributed by atoms with van der Waals surface area (Å²) < 4.78 is 5.61. The maximum absolute atomic E-state index is 5.61. The molecule has 0 spiro atoms. The van der Waals surface area contributed by atoms with Gasteiger partial charge in [-0.3, -0.25) is 15.0 Å². The molecule has 1 aliphatic rings. The first-order chi connectivity index (χ1) is 8.84. The van der Waals surface area contributed by atoms with Gasteiger partial charge < -0.3 is 4.74 Å². The summed E-state index contributed by atoms with van der Waals surface area (Å²) in [6, 6.07) is 0.267. The van der Waals surface area contributed by atoms with E-state index in [0.717, 1.165) is 26.3 Å². The summed E-state index contributed by atoms with van der Waals surface area (Å²) in [6.45, 7) is 5.47. The molecule has 96 valence electrons. The van der Waals surface area contributed by atoms with Crippen LogP contribution in [0, 0.1) is 6.92 Å². The van der Waals surface area contributed by atoms with Gasteiger partial charge in [0, 0.05) is 24.2 Å². The summed E-state index contributed by atoms with van der Waals surface area (Å²) in [5, 5.41) is 7.21. The molecule has 1 aliphatic heterocycles. The minimum absolute atomic E-state index is 0.267. The Hall–Kier alpha value is -1.24. The van der Waals surface area contributed by atoms with Crippen molar-refractivity contribution in [3.05, 3.63) is 34.0 Å². The number of hydrogen-bond donors (Lipinski definition) is 1. The van der Waals surface area contributed by atoms with Crippen molar-refractivity contribution < 1.29 is 4.74 Å². The first-order valence-electron chi connectivity index (χ1n) is 6.03. The topological polar surface area (TPSA) is 54.0 Å². The molecule has 18 heavy (non-hydrogen) atoms. The molecule has 6 heteroatoms. The fraction of sp³-hybridized carbons (Fsp3) is 0.500. The van der Waals surface area contributed by atoms with E-state index in [-0.39, 0.29) is 6.04 Å². The summed E-state index contributed by atoms with van der Waals surface area (Å²) in [4.78, 5) is 7.85. The van der Waals surface area contributed by atoms with E-state index in [2.05, 4.69) is 27.0 Å². The summed E-state index contributed by atoms with van der Waals surface area (Å²) in [5.41, 5.74) is 4.24. The highest BCUT2D eigenvalue weighted by Crippen LogP contribution is 2.27. The van der Waals surface area contributed by atoms with Gasteiger partial charge in [-0.2, -0.15) is 5.10 Å². The average Bonchev–Trinajstić information content (AvgIpc) is 3.02. The van der Waals surface area contributed by atoms with Gasteiger partial charge in [0.05, 0.1) is 36.7 Å². The van der Waals surface area contributed by atoms with E-state index in [0.29, 0.717) is 0 Å². The molecular formula is C12H16N4OS. The predicted octanol–water partition coefficient (Wildman–Crippen LogP) is 1.75. The van der Waals surface area contributed by atoms with Crippen LogP contribution in [0.25, 0.3) is 0 Å². The van der Waals surface area contributed by atoms with Crippen molar-refractivity contribution in [3.63, 3.8) is 0 Å². The van der Waals surface area contributed by atoms with Crippen molar-refractivity contribution in [2.24, 2.45) is 0 Å². The Morgan fingerprint density at radius 1 is 1.56 bits per heavy atom. The molecule has 5 nitrogen and oxygen atoms in total. The van der Waals surface area contributed by atoms with Gasteiger partial charge in [0.15, 0.2) is 0 Å². The van der Waals surface area contributed by atoms with Crippen LogP contribution in [0.4, 0.5) is 0 Å². The van der Waals surface area contributed by atoms with Gasteiger partial charge in [0.2, 0.25) is 0 Å². The highest BCUT2D eigenvalue weighted by molar-refractivity contribution is 7.09. The summed E-state index contributed by atoms with van der Waals surface area (Å²) in [7, 11) is 0. The lowest BCUT2D eigenvalue weighted by molar-refractivity contribution is -0.0140. The molecule has 0 aliphatic carbocycles. The summed E-state index contributed by atoms with van der Waals surface area (Å²) in [6.07, 6.45) is 3.81. The highest BCUT2D eigenvalue weighted by Gasteiger charge is 2.27. The Kier molecular flexibility index (Phi) is 3.40. The first kappa shape index (κ1) is 11.8. The SMILES string of the molecule is Cc1cn[nH]c1[C@H]1COCCN1Cc1cncs1. The second-order valence-electron chi connectivity index (χ2n) is 4.50.